The van der Waals surface area contributed by atoms with Gasteiger partial charge in [-0.05, 0) is 43.2 Å². The first-order valence-electron chi connectivity index (χ1n) is 6.34. The van der Waals surface area contributed by atoms with E-state index in [4.69, 9.17) is 0 Å². The molecule has 0 fully saturated rings. The standard InChI is InChI=1S/C16H17Br2N/c1-11(13-6-5-7-14(17)10-13)19-12(2)15-8-3-4-9-16(15)18/h3-12,19H,1-2H3/t11?,12-/m1/s1. The predicted molar refractivity (Wildman–Crippen MR) is 88.2 cm³/mol. The summed E-state index contributed by atoms with van der Waals surface area (Å²) in [5.74, 6) is 0. The van der Waals surface area contributed by atoms with Crippen molar-refractivity contribution >= 4 is 31.9 Å². The van der Waals surface area contributed by atoms with Crippen molar-refractivity contribution in [2.75, 3.05) is 0 Å². The lowest BCUT2D eigenvalue weighted by atomic mass is 10.0. The van der Waals surface area contributed by atoms with Crippen LogP contribution >= 0.6 is 31.9 Å². The summed E-state index contributed by atoms with van der Waals surface area (Å²) in [7, 11) is 0. The van der Waals surface area contributed by atoms with Gasteiger partial charge in [0, 0.05) is 21.0 Å². The summed E-state index contributed by atoms with van der Waals surface area (Å²) >= 11 is 7.13. The van der Waals surface area contributed by atoms with Gasteiger partial charge in [-0.1, -0.05) is 62.2 Å². The molecule has 2 aromatic rings. The summed E-state index contributed by atoms with van der Waals surface area (Å²) < 4.78 is 2.27. The van der Waals surface area contributed by atoms with Gasteiger partial charge in [0.1, 0.15) is 0 Å². The third-order valence-electron chi connectivity index (χ3n) is 3.22. The minimum Gasteiger partial charge on any atom is -0.304 e. The van der Waals surface area contributed by atoms with Crippen LogP contribution in [0.2, 0.25) is 0 Å². The first kappa shape index (κ1) is 14.8. The molecular weight excluding hydrogens is 366 g/mol. The van der Waals surface area contributed by atoms with Gasteiger partial charge in [0.25, 0.3) is 0 Å². The molecule has 1 nitrogen and oxygen atoms in total. The van der Waals surface area contributed by atoms with Gasteiger partial charge in [-0.2, -0.15) is 0 Å². The molecule has 0 saturated heterocycles. The first-order valence-corrected chi connectivity index (χ1v) is 7.92. The van der Waals surface area contributed by atoms with E-state index in [0.29, 0.717) is 12.1 Å². The Hall–Kier alpha value is -0.640. The van der Waals surface area contributed by atoms with E-state index in [0.717, 1.165) is 8.95 Å². The van der Waals surface area contributed by atoms with Gasteiger partial charge in [0.2, 0.25) is 0 Å². The zero-order chi connectivity index (χ0) is 13.8. The van der Waals surface area contributed by atoms with Gasteiger partial charge in [-0.25, -0.2) is 0 Å². The molecule has 0 radical (unpaired) electrons. The van der Waals surface area contributed by atoms with Crippen LogP contribution in [-0.4, -0.2) is 0 Å². The minimum absolute atomic E-state index is 0.296. The summed E-state index contributed by atoms with van der Waals surface area (Å²) in [5.41, 5.74) is 2.57. The lowest BCUT2D eigenvalue weighted by molar-refractivity contribution is 0.493. The summed E-state index contributed by atoms with van der Waals surface area (Å²) in [4.78, 5) is 0. The number of rotatable bonds is 4. The van der Waals surface area contributed by atoms with Crippen molar-refractivity contribution in [2.45, 2.75) is 25.9 Å². The normalized spacial score (nSPS) is 14.1. The maximum absolute atomic E-state index is 3.63. The highest BCUT2D eigenvalue weighted by atomic mass is 79.9. The first-order chi connectivity index (χ1) is 9.08. The van der Waals surface area contributed by atoms with E-state index in [-0.39, 0.29) is 0 Å². The van der Waals surface area contributed by atoms with Gasteiger partial charge in [-0.15, -0.1) is 0 Å². The van der Waals surface area contributed by atoms with Crippen molar-refractivity contribution in [2.24, 2.45) is 0 Å². The molecule has 3 heteroatoms. The van der Waals surface area contributed by atoms with E-state index in [9.17, 15) is 0 Å². The summed E-state index contributed by atoms with van der Waals surface area (Å²) in [6, 6.07) is 17.4. The maximum atomic E-state index is 3.63. The molecule has 2 rings (SSSR count). The predicted octanol–water partition coefficient (Wildman–Crippen LogP) is 5.62. The molecule has 0 aliphatic rings. The van der Waals surface area contributed by atoms with Crippen LogP contribution in [0.15, 0.2) is 57.5 Å². The molecule has 0 amide bonds. The van der Waals surface area contributed by atoms with Crippen molar-refractivity contribution in [1.82, 2.24) is 5.32 Å². The molecular formula is C16H17Br2N. The Labute approximate surface area is 131 Å². The fourth-order valence-electron chi connectivity index (χ4n) is 2.16. The Bertz CT molecular complexity index is 554. The molecule has 1 unspecified atom stereocenters. The molecule has 19 heavy (non-hydrogen) atoms. The smallest absolute Gasteiger partial charge is 0.0308 e. The van der Waals surface area contributed by atoms with E-state index in [2.05, 4.69) is 87.4 Å². The molecule has 0 aliphatic carbocycles. The highest BCUT2D eigenvalue weighted by molar-refractivity contribution is 9.10. The van der Waals surface area contributed by atoms with Crippen LogP contribution in [0.4, 0.5) is 0 Å². The average Bonchev–Trinajstić information content (AvgIpc) is 2.39. The molecule has 0 aromatic heterocycles. The second-order valence-corrected chi connectivity index (χ2v) is 6.46. The highest BCUT2D eigenvalue weighted by Crippen LogP contribution is 2.26. The van der Waals surface area contributed by atoms with Crippen LogP contribution in [-0.2, 0) is 0 Å². The maximum Gasteiger partial charge on any atom is 0.0308 e. The van der Waals surface area contributed by atoms with Crippen LogP contribution in [0.1, 0.15) is 37.1 Å². The Morgan fingerprint density at radius 1 is 0.895 bits per heavy atom. The van der Waals surface area contributed by atoms with E-state index < -0.39 is 0 Å². The topological polar surface area (TPSA) is 12.0 Å². The quantitative estimate of drug-likeness (QED) is 0.723. The van der Waals surface area contributed by atoms with Crippen LogP contribution in [0.3, 0.4) is 0 Å². The van der Waals surface area contributed by atoms with Gasteiger partial charge in [0.15, 0.2) is 0 Å². The average molecular weight is 383 g/mol. The summed E-state index contributed by atoms with van der Waals surface area (Å²) in [6.45, 7) is 4.38. The number of hydrogen-bond donors (Lipinski definition) is 1. The van der Waals surface area contributed by atoms with Gasteiger partial charge >= 0.3 is 0 Å². The Morgan fingerprint density at radius 2 is 1.63 bits per heavy atom. The lowest BCUT2D eigenvalue weighted by Gasteiger charge is -2.22. The van der Waals surface area contributed by atoms with Gasteiger partial charge in [-0.3, -0.25) is 0 Å². The number of halogens is 2. The second-order valence-electron chi connectivity index (χ2n) is 4.69. The molecule has 0 aliphatic heterocycles. The molecule has 0 heterocycles. The monoisotopic (exact) mass is 381 g/mol. The SMILES string of the molecule is CC(N[C@H](C)c1ccccc1Br)c1cccc(Br)c1. The van der Waals surface area contributed by atoms with Crippen molar-refractivity contribution in [3.05, 3.63) is 68.6 Å². The molecule has 1 N–H and O–H groups in total. The molecule has 0 spiro atoms. The molecule has 0 saturated carbocycles. The second kappa shape index (κ2) is 6.69. The van der Waals surface area contributed by atoms with Crippen LogP contribution in [0.5, 0.6) is 0 Å². The minimum atomic E-state index is 0.296. The molecule has 2 aromatic carbocycles. The Kier molecular flexibility index (Phi) is 5.20. The lowest BCUT2D eigenvalue weighted by Crippen LogP contribution is -2.22. The fourth-order valence-corrected chi connectivity index (χ4v) is 3.21. The Balaban J connectivity index is 2.11. The van der Waals surface area contributed by atoms with Crippen molar-refractivity contribution in [1.29, 1.82) is 0 Å². The van der Waals surface area contributed by atoms with Crippen LogP contribution < -0.4 is 5.32 Å². The van der Waals surface area contributed by atoms with Crippen molar-refractivity contribution in [3.63, 3.8) is 0 Å². The van der Waals surface area contributed by atoms with Crippen LogP contribution in [0, 0.1) is 0 Å². The zero-order valence-electron chi connectivity index (χ0n) is 11.0. The van der Waals surface area contributed by atoms with Crippen molar-refractivity contribution in [3.8, 4) is 0 Å². The fraction of sp³-hybridized carbons (Fsp3) is 0.250. The number of nitrogens with one attached hydrogen (secondary N) is 1. The van der Waals surface area contributed by atoms with Crippen LogP contribution in [0.25, 0.3) is 0 Å². The van der Waals surface area contributed by atoms with E-state index >= 15 is 0 Å². The Morgan fingerprint density at radius 3 is 2.32 bits per heavy atom. The van der Waals surface area contributed by atoms with E-state index in [1.807, 2.05) is 12.1 Å². The van der Waals surface area contributed by atoms with Gasteiger partial charge < -0.3 is 5.32 Å². The van der Waals surface area contributed by atoms with E-state index in [1.54, 1.807) is 0 Å². The zero-order valence-corrected chi connectivity index (χ0v) is 14.2. The largest absolute Gasteiger partial charge is 0.304 e. The molecule has 100 valence electrons. The highest BCUT2D eigenvalue weighted by Gasteiger charge is 2.13. The number of benzene rings is 2. The molecule has 2 atom stereocenters. The summed E-state index contributed by atoms with van der Waals surface area (Å²) in [6.07, 6.45) is 0. The third kappa shape index (κ3) is 3.91. The third-order valence-corrected chi connectivity index (χ3v) is 4.44. The molecule has 0 bridgehead atoms. The summed E-state index contributed by atoms with van der Waals surface area (Å²) in [5, 5.41) is 3.63. The van der Waals surface area contributed by atoms with Gasteiger partial charge in [0.05, 0.1) is 0 Å². The van der Waals surface area contributed by atoms with E-state index in [1.165, 1.54) is 11.1 Å². The number of hydrogen-bond acceptors (Lipinski definition) is 1. The van der Waals surface area contributed by atoms with Crippen molar-refractivity contribution < 1.29 is 0 Å².